The molecule has 3 heteroatoms. The summed E-state index contributed by atoms with van der Waals surface area (Å²) in [6.07, 6.45) is 3.14. The summed E-state index contributed by atoms with van der Waals surface area (Å²) in [6.45, 7) is 8.88. The van der Waals surface area contributed by atoms with Gasteiger partial charge in [0, 0.05) is 12.8 Å². The van der Waals surface area contributed by atoms with Crippen molar-refractivity contribution in [2.75, 3.05) is 7.11 Å². The van der Waals surface area contributed by atoms with Crippen molar-refractivity contribution < 1.29 is 4.74 Å². The number of methoxy groups -OCH3 is 1. The molecule has 96 valence electrons. The van der Waals surface area contributed by atoms with Crippen LogP contribution in [0.5, 0.6) is 0 Å². The predicted octanol–water partition coefficient (Wildman–Crippen LogP) is 3.05. The molecule has 1 aromatic rings. The minimum Gasteiger partial charge on any atom is -0.371 e. The van der Waals surface area contributed by atoms with Crippen molar-refractivity contribution in [2.24, 2.45) is 11.8 Å². The molecule has 1 N–H and O–H groups in total. The number of H-pyrrole nitrogens is 1. The molecule has 3 atom stereocenters. The molecule has 3 unspecified atom stereocenters. The van der Waals surface area contributed by atoms with Crippen molar-refractivity contribution in [1.82, 2.24) is 9.97 Å². The normalized spacial score (nSPS) is 27.6. The number of fused-ring (bicyclic) bond motifs is 1. The van der Waals surface area contributed by atoms with Crippen LogP contribution in [-0.2, 0) is 23.2 Å². The third kappa shape index (κ3) is 2.13. The van der Waals surface area contributed by atoms with Crippen molar-refractivity contribution >= 4 is 0 Å². The van der Waals surface area contributed by atoms with Gasteiger partial charge in [-0.2, -0.15) is 0 Å². The average molecular weight is 236 g/mol. The zero-order valence-electron chi connectivity index (χ0n) is 11.6. The molecule has 1 aliphatic rings. The average Bonchev–Trinajstić information content (AvgIpc) is 2.72. The Bertz CT molecular complexity index is 365. The van der Waals surface area contributed by atoms with E-state index in [1.807, 2.05) is 0 Å². The minimum absolute atomic E-state index is 0.274. The van der Waals surface area contributed by atoms with Gasteiger partial charge in [-0.25, -0.2) is 4.98 Å². The quantitative estimate of drug-likeness (QED) is 0.876. The summed E-state index contributed by atoms with van der Waals surface area (Å²) in [6, 6.07) is 0. The number of aromatic nitrogens is 2. The molecule has 0 amide bonds. The standard InChI is InChI=1S/C14H24N2O/c1-6-14(4,17-5)13-15-11-7-9(2)10(3)8-12(11)16-13/h9-10H,6-8H2,1-5H3,(H,15,16). The molecule has 1 aliphatic carbocycles. The van der Waals surface area contributed by atoms with Crippen LogP contribution in [0.4, 0.5) is 0 Å². The summed E-state index contributed by atoms with van der Waals surface area (Å²) >= 11 is 0. The van der Waals surface area contributed by atoms with Gasteiger partial charge < -0.3 is 9.72 Å². The van der Waals surface area contributed by atoms with E-state index in [-0.39, 0.29) is 5.60 Å². The summed E-state index contributed by atoms with van der Waals surface area (Å²) in [4.78, 5) is 8.26. The zero-order chi connectivity index (χ0) is 12.6. The summed E-state index contributed by atoms with van der Waals surface area (Å²) in [5, 5.41) is 0. The molecule has 0 saturated heterocycles. The minimum atomic E-state index is -0.274. The smallest absolute Gasteiger partial charge is 0.138 e. The van der Waals surface area contributed by atoms with E-state index in [1.54, 1.807) is 7.11 Å². The molecular formula is C14H24N2O. The van der Waals surface area contributed by atoms with Gasteiger partial charge in [0.2, 0.25) is 0 Å². The second-order valence-electron chi connectivity index (χ2n) is 5.66. The topological polar surface area (TPSA) is 37.9 Å². The first-order chi connectivity index (χ1) is 8.00. The number of hydrogen-bond acceptors (Lipinski definition) is 2. The SMILES string of the molecule is CCC(C)(OC)c1nc2c([nH]1)CC(C)C(C)C2. The van der Waals surface area contributed by atoms with Crippen LogP contribution in [0.1, 0.15) is 51.3 Å². The highest BCUT2D eigenvalue weighted by Gasteiger charge is 2.31. The summed E-state index contributed by atoms with van der Waals surface area (Å²) in [5.74, 6) is 2.47. The monoisotopic (exact) mass is 236 g/mol. The van der Waals surface area contributed by atoms with E-state index < -0.39 is 0 Å². The lowest BCUT2D eigenvalue weighted by atomic mass is 9.82. The van der Waals surface area contributed by atoms with Crippen LogP contribution in [0, 0.1) is 11.8 Å². The summed E-state index contributed by atoms with van der Waals surface area (Å²) < 4.78 is 5.61. The molecule has 0 saturated carbocycles. The Labute approximate surface area is 104 Å². The molecule has 1 heterocycles. The van der Waals surface area contributed by atoms with Crippen LogP contribution < -0.4 is 0 Å². The van der Waals surface area contributed by atoms with Gasteiger partial charge in [-0.1, -0.05) is 20.8 Å². The van der Waals surface area contributed by atoms with Crippen LogP contribution in [0.2, 0.25) is 0 Å². The maximum atomic E-state index is 5.61. The van der Waals surface area contributed by atoms with Crippen LogP contribution >= 0.6 is 0 Å². The third-order valence-electron chi connectivity index (χ3n) is 4.50. The third-order valence-corrected chi connectivity index (χ3v) is 4.50. The molecule has 0 bridgehead atoms. The molecule has 0 radical (unpaired) electrons. The van der Waals surface area contributed by atoms with Gasteiger partial charge in [0.25, 0.3) is 0 Å². The highest BCUT2D eigenvalue weighted by Crippen LogP contribution is 2.32. The van der Waals surface area contributed by atoms with E-state index in [4.69, 9.17) is 9.72 Å². The summed E-state index contributed by atoms with van der Waals surface area (Å²) in [5.41, 5.74) is 2.30. The molecule has 3 nitrogen and oxygen atoms in total. The Morgan fingerprint density at radius 3 is 2.59 bits per heavy atom. The Morgan fingerprint density at radius 1 is 1.35 bits per heavy atom. The number of imidazole rings is 1. The molecule has 0 fully saturated rings. The number of nitrogens with zero attached hydrogens (tertiary/aromatic N) is 1. The molecule has 0 spiro atoms. The number of nitrogens with one attached hydrogen (secondary N) is 1. The lowest BCUT2D eigenvalue weighted by Gasteiger charge is -2.24. The van der Waals surface area contributed by atoms with Crippen LogP contribution in [0.25, 0.3) is 0 Å². The van der Waals surface area contributed by atoms with Crippen LogP contribution in [0.3, 0.4) is 0 Å². The molecule has 17 heavy (non-hydrogen) atoms. The Morgan fingerprint density at radius 2 is 2.00 bits per heavy atom. The van der Waals surface area contributed by atoms with E-state index in [1.165, 1.54) is 11.4 Å². The molecule has 1 aromatic heterocycles. The van der Waals surface area contributed by atoms with E-state index in [9.17, 15) is 0 Å². The molecular weight excluding hydrogens is 212 g/mol. The number of ether oxygens (including phenoxy) is 1. The van der Waals surface area contributed by atoms with E-state index >= 15 is 0 Å². The highest BCUT2D eigenvalue weighted by molar-refractivity contribution is 5.21. The van der Waals surface area contributed by atoms with Gasteiger partial charge >= 0.3 is 0 Å². The molecule has 2 rings (SSSR count). The number of hydrogen-bond donors (Lipinski definition) is 1. The van der Waals surface area contributed by atoms with Crippen LogP contribution in [-0.4, -0.2) is 17.1 Å². The van der Waals surface area contributed by atoms with Gasteiger partial charge in [-0.15, -0.1) is 0 Å². The first-order valence-corrected chi connectivity index (χ1v) is 6.63. The highest BCUT2D eigenvalue weighted by atomic mass is 16.5. The van der Waals surface area contributed by atoms with Gasteiger partial charge in [0.05, 0.1) is 5.69 Å². The lowest BCUT2D eigenvalue weighted by molar-refractivity contribution is -0.00842. The van der Waals surface area contributed by atoms with Crippen molar-refractivity contribution in [1.29, 1.82) is 0 Å². The van der Waals surface area contributed by atoms with Gasteiger partial charge in [0.1, 0.15) is 11.4 Å². The van der Waals surface area contributed by atoms with Gasteiger partial charge in [-0.05, 0) is 38.0 Å². The maximum absolute atomic E-state index is 5.61. The predicted molar refractivity (Wildman–Crippen MR) is 69.0 cm³/mol. The number of rotatable bonds is 3. The van der Waals surface area contributed by atoms with E-state index in [0.29, 0.717) is 0 Å². The largest absolute Gasteiger partial charge is 0.371 e. The Balaban J connectivity index is 2.32. The van der Waals surface area contributed by atoms with Crippen LogP contribution in [0.15, 0.2) is 0 Å². The van der Waals surface area contributed by atoms with Crippen molar-refractivity contribution in [3.8, 4) is 0 Å². The fraction of sp³-hybridized carbons (Fsp3) is 0.786. The zero-order valence-corrected chi connectivity index (χ0v) is 11.6. The maximum Gasteiger partial charge on any atom is 0.138 e. The van der Waals surface area contributed by atoms with E-state index in [2.05, 4.69) is 32.7 Å². The first kappa shape index (κ1) is 12.6. The van der Waals surface area contributed by atoms with Gasteiger partial charge in [0.15, 0.2) is 0 Å². The molecule has 0 aliphatic heterocycles. The van der Waals surface area contributed by atoms with Gasteiger partial charge in [-0.3, -0.25) is 0 Å². The fourth-order valence-corrected chi connectivity index (χ4v) is 2.47. The van der Waals surface area contributed by atoms with Crippen molar-refractivity contribution in [2.45, 2.75) is 52.6 Å². The lowest BCUT2D eigenvalue weighted by Crippen LogP contribution is -2.24. The first-order valence-electron chi connectivity index (χ1n) is 6.63. The fourth-order valence-electron chi connectivity index (χ4n) is 2.47. The second kappa shape index (κ2) is 4.45. The van der Waals surface area contributed by atoms with Crippen molar-refractivity contribution in [3.63, 3.8) is 0 Å². The van der Waals surface area contributed by atoms with Crippen molar-refractivity contribution in [3.05, 3.63) is 17.2 Å². The second-order valence-corrected chi connectivity index (χ2v) is 5.66. The Hall–Kier alpha value is -0.830. The Kier molecular flexibility index (Phi) is 3.30. The number of aromatic amines is 1. The molecule has 0 aromatic carbocycles. The summed E-state index contributed by atoms with van der Waals surface area (Å²) in [7, 11) is 1.76. The van der Waals surface area contributed by atoms with E-state index in [0.717, 1.165) is 36.9 Å².